The topological polar surface area (TPSA) is 66.9 Å². The third kappa shape index (κ3) is 3.89. The van der Waals surface area contributed by atoms with Crippen LogP contribution in [-0.2, 0) is 14.8 Å². The summed E-state index contributed by atoms with van der Waals surface area (Å²) in [5.74, 6) is 0.642. The van der Waals surface area contributed by atoms with E-state index < -0.39 is 10.0 Å². The Balaban J connectivity index is 2.20. The van der Waals surface area contributed by atoms with E-state index in [4.69, 9.17) is 4.74 Å². The maximum Gasteiger partial charge on any atom is 0.243 e. The molecule has 0 spiro atoms. The van der Waals surface area contributed by atoms with Crippen molar-refractivity contribution in [1.82, 2.24) is 9.21 Å². The fraction of sp³-hybridized carbons (Fsp3) is 0.588. The van der Waals surface area contributed by atoms with Crippen LogP contribution in [-0.4, -0.2) is 56.8 Å². The van der Waals surface area contributed by atoms with Gasteiger partial charge in [-0.25, -0.2) is 8.42 Å². The standard InChI is InChI=1S/C17H26N2O4S/c1-13(2)17(20)18-8-5-9-19(11-10-18)24(21,22)16-7-6-15(23-4)12-14(16)3/h6-7,12-13H,5,8-11H2,1-4H3. The summed E-state index contributed by atoms with van der Waals surface area (Å²) in [6.45, 7) is 7.28. The lowest BCUT2D eigenvalue weighted by Crippen LogP contribution is -2.39. The van der Waals surface area contributed by atoms with E-state index in [1.165, 1.54) is 4.31 Å². The maximum atomic E-state index is 13.0. The number of nitrogens with zero attached hydrogens (tertiary/aromatic N) is 2. The average Bonchev–Trinajstić information content (AvgIpc) is 2.80. The van der Waals surface area contributed by atoms with Crippen molar-refractivity contribution in [1.29, 1.82) is 0 Å². The molecule has 7 heteroatoms. The summed E-state index contributed by atoms with van der Waals surface area (Å²) in [5.41, 5.74) is 0.661. The number of ether oxygens (including phenoxy) is 1. The first kappa shape index (κ1) is 18.7. The van der Waals surface area contributed by atoms with Gasteiger partial charge in [0.25, 0.3) is 0 Å². The van der Waals surface area contributed by atoms with Gasteiger partial charge in [-0.15, -0.1) is 0 Å². The minimum absolute atomic E-state index is 0.0722. The largest absolute Gasteiger partial charge is 0.497 e. The van der Waals surface area contributed by atoms with Gasteiger partial charge in [-0.3, -0.25) is 4.79 Å². The Labute approximate surface area is 144 Å². The zero-order valence-electron chi connectivity index (χ0n) is 14.8. The van der Waals surface area contributed by atoms with E-state index in [0.29, 0.717) is 48.8 Å². The Bertz CT molecular complexity index is 701. The normalized spacial score (nSPS) is 17.0. The van der Waals surface area contributed by atoms with Gasteiger partial charge < -0.3 is 9.64 Å². The quantitative estimate of drug-likeness (QED) is 0.828. The number of carbonyl (C=O) groups excluding carboxylic acids is 1. The summed E-state index contributed by atoms with van der Waals surface area (Å²) in [4.78, 5) is 14.2. The van der Waals surface area contributed by atoms with Gasteiger partial charge in [0, 0.05) is 32.1 Å². The third-order valence-electron chi connectivity index (χ3n) is 4.26. The molecule has 134 valence electrons. The highest BCUT2D eigenvalue weighted by atomic mass is 32.2. The van der Waals surface area contributed by atoms with Crippen LogP contribution in [0.5, 0.6) is 5.75 Å². The first-order valence-corrected chi connectivity index (χ1v) is 9.65. The highest BCUT2D eigenvalue weighted by molar-refractivity contribution is 7.89. The van der Waals surface area contributed by atoms with Crippen LogP contribution in [0.25, 0.3) is 0 Å². The van der Waals surface area contributed by atoms with Gasteiger partial charge in [-0.05, 0) is 37.1 Å². The van der Waals surface area contributed by atoms with Gasteiger partial charge in [-0.1, -0.05) is 13.8 Å². The molecule has 0 bridgehead atoms. The van der Waals surface area contributed by atoms with Crippen LogP contribution >= 0.6 is 0 Å². The number of sulfonamides is 1. The number of amides is 1. The second-order valence-electron chi connectivity index (χ2n) is 6.37. The molecule has 0 atom stereocenters. The van der Waals surface area contributed by atoms with E-state index in [-0.39, 0.29) is 11.8 Å². The first-order chi connectivity index (χ1) is 11.3. The van der Waals surface area contributed by atoms with Crippen molar-refractivity contribution in [2.45, 2.75) is 32.1 Å². The molecule has 2 rings (SSSR count). The molecule has 1 fully saturated rings. The summed E-state index contributed by atoms with van der Waals surface area (Å²) < 4.78 is 32.5. The lowest BCUT2D eigenvalue weighted by atomic mass is 10.2. The maximum absolute atomic E-state index is 13.0. The van der Waals surface area contributed by atoms with Crippen LogP contribution in [0.1, 0.15) is 25.8 Å². The zero-order chi connectivity index (χ0) is 17.9. The monoisotopic (exact) mass is 354 g/mol. The number of hydrogen-bond acceptors (Lipinski definition) is 4. The van der Waals surface area contributed by atoms with E-state index in [0.717, 1.165) is 0 Å². The highest BCUT2D eigenvalue weighted by Crippen LogP contribution is 2.25. The summed E-state index contributed by atoms with van der Waals surface area (Å²) in [6, 6.07) is 4.97. The second kappa shape index (κ2) is 7.53. The van der Waals surface area contributed by atoms with Crippen LogP contribution in [0, 0.1) is 12.8 Å². The Hall–Kier alpha value is -1.60. The lowest BCUT2D eigenvalue weighted by Gasteiger charge is -2.23. The molecule has 1 aromatic rings. The van der Waals surface area contributed by atoms with Gasteiger partial charge in [0.05, 0.1) is 12.0 Å². The van der Waals surface area contributed by atoms with Crippen molar-refractivity contribution >= 4 is 15.9 Å². The number of carbonyl (C=O) groups is 1. The summed E-state index contributed by atoms with van der Waals surface area (Å²) >= 11 is 0. The van der Waals surface area contributed by atoms with E-state index in [9.17, 15) is 13.2 Å². The number of benzene rings is 1. The van der Waals surface area contributed by atoms with E-state index in [1.54, 1.807) is 37.1 Å². The molecule has 1 aromatic carbocycles. The molecule has 0 unspecified atom stereocenters. The molecular formula is C17H26N2O4S. The van der Waals surface area contributed by atoms with Crippen molar-refractivity contribution in [3.05, 3.63) is 23.8 Å². The van der Waals surface area contributed by atoms with Crippen molar-refractivity contribution in [3.63, 3.8) is 0 Å². The average molecular weight is 354 g/mol. The molecular weight excluding hydrogens is 328 g/mol. The molecule has 6 nitrogen and oxygen atoms in total. The SMILES string of the molecule is COc1ccc(S(=O)(=O)N2CCCN(C(=O)C(C)C)CC2)c(C)c1. The number of rotatable bonds is 4. The minimum atomic E-state index is -3.57. The van der Waals surface area contributed by atoms with E-state index >= 15 is 0 Å². The van der Waals surface area contributed by atoms with Crippen molar-refractivity contribution in [2.24, 2.45) is 5.92 Å². The molecule has 0 N–H and O–H groups in total. The lowest BCUT2D eigenvalue weighted by molar-refractivity contribution is -0.134. The van der Waals surface area contributed by atoms with E-state index in [2.05, 4.69) is 0 Å². The number of methoxy groups -OCH3 is 1. The van der Waals surface area contributed by atoms with Crippen LogP contribution in [0.2, 0.25) is 0 Å². The smallest absolute Gasteiger partial charge is 0.243 e. The molecule has 0 saturated carbocycles. The predicted octanol–water partition coefficient (Wildman–Crippen LogP) is 1.88. The molecule has 1 amide bonds. The van der Waals surface area contributed by atoms with Crippen LogP contribution in [0.15, 0.2) is 23.1 Å². The summed E-state index contributed by atoms with van der Waals surface area (Å²) in [6.07, 6.45) is 0.646. The summed E-state index contributed by atoms with van der Waals surface area (Å²) in [7, 11) is -2.02. The number of hydrogen-bond donors (Lipinski definition) is 0. The van der Waals surface area contributed by atoms with Crippen molar-refractivity contribution < 1.29 is 17.9 Å². The van der Waals surface area contributed by atoms with Gasteiger partial charge in [0.15, 0.2) is 0 Å². The van der Waals surface area contributed by atoms with Crippen LogP contribution < -0.4 is 4.74 Å². The Morgan fingerprint density at radius 1 is 1.17 bits per heavy atom. The molecule has 0 radical (unpaired) electrons. The van der Waals surface area contributed by atoms with Gasteiger partial charge in [-0.2, -0.15) is 4.31 Å². The zero-order valence-corrected chi connectivity index (χ0v) is 15.6. The first-order valence-electron chi connectivity index (χ1n) is 8.21. The minimum Gasteiger partial charge on any atom is -0.497 e. The fourth-order valence-electron chi connectivity index (χ4n) is 2.90. The van der Waals surface area contributed by atoms with Crippen molar-refractivity contribution in [3.8, 4) is 5.75 Å². The molecule has 0 aliphatic carbocycles. The van der Waals surface area contributed by atoms with Crippen LogP contribution in [0.3, 0.4) is 0 Å². The van der Waals surface area contributed by atoms with Gasteiger partial charge >= 0.3 is 0 Å². The summed E-state index contributed by atoms with van der Waals surface area (Å²) in [5, 5.41) is 0. The highest BCUT2D eigenvalue weighted by Gasteiger charge is 2.29. The third-order valence-corrected chi connectivity index (χ3v) is 6.32. The molecule has 1 aliphatic heterocycles. The Kier molecular flexibility index (Phi) is 5.87. The molecule has 1 heterocycles. The Morgan fingerprint density at radius 2 is 1.88 bits per heavy atom. The molecule has 1 aliphatic rings. The second-order valence-corrected chi connectivity index (χ2v) is 8.28. The molecule has 24 heavy (non-hydrogen) atoms. The van der Waals surface area contributed by atoms with Gasteiger partial charge in [0.1, 0.15) is 5.75 Å². The van der Waals surface area contributed by atoms with Gasteiger partial charge in [0.2, 0.25) is 15.9 Å². The van der Waals surface area contributed by atoms with E-state index in [1.807, 2.05) is 13.8 Å². The fourth-order valence-corrected chi connectivity index (χ4v) is 4.57. The number of aryl methyl sites for hydroxylation is 1. The molecule has 0 aromatic heterocycles. The van der Waals surface area contributed by atoms with Crippen molar-refractivity contribution in [2.75, 3.05) is 33.3 Å². The Morgan fingerprint density at radius 3 is 2.46 bits per heavy atom. The predicted molar refractivity (Wildman–Crippen MR) is 92.5 cm³/mol. The molecule has 1 saturated heterocycles. The van der Waals surface area contributed by atoms with Crippen LogP contribution in [0.4, 0.5) is 0 Å².